The molecule has 0 spiro atoms. The van der Waals surface area contributed by atoms with Gasteiger partial charge < -0.3 is 15.2 Å². The molecule has 0 heterocycles. The number of carboxylic acid groups (broad SMARTS) is 1. The molecule has 5 nitrogen and oxygen atoms in total. The summed E-state index contributed by atoms with van der Waals surface area (Å²) in [7, 11) is 0. The first-order chi connectivity index (χ1) is 12.2. The summed E-state index contributed by atoms with van der Waals surface area (Å²) in [6.45, 7) is 5.15. The van der Waals surface area contributed by atoms with Gasteiger partial charge in [0.15, 0.2) is 0 Å². The van der Waals surface area contributed by atoms with Crippen molar-refractivity contribution in [1.29, 1.82) is 0 Å². The van der Waals surface area contributed by atoms with Crippen molar-refractivity contribution in [2.45, 2.75) is 38.8 Å². The number of aliphatic carboxylic acids is 1. The number of hydrogen-bond donors (Lipinski definition) is 2. The highest BCUT2D eigenvalue weighted by Gasteiger charge is 2.24. The minimum absolute atomic E-state index is 0.150. The van der Waals surface area contributed by atoms with E-state index in [1.54, 1.807) is 20.8 Å². The van der Waals surface area contributed by atoms with E-state index < -0.39 is 23.7 Å². The normalized spacial score (nSPS) is 12.3. The third kappa shape index (κ3) is 5.77. The Bertz CT molecular complexity index is 781. The first-order valence-corrected chi connectivity index (χ1v) is 8.59. The van der Waals surface area contributed by atoms with Crippen molar-refractivity contribution in [1.82, 2.24) is 5.32 Å². The molecule has 1 amide bonds. The second kappa shape index (κ2) is 8.23. The third-order valence-electron chi connectivity index (χ3n) is 3.57. The van der Waals surface area contributed by atoms with Gasteiger partial charge in [-0.1, -0.05) is 54.1 Å². The Kier molecular flexibility index (Phi) is 6.27. The highest BCUT2D eigenvalue weighted by Crippen LogP contribution is 2.27. The molecule has 2 rings (SSSR count). The summed E-state index contributed by atoms with van der Waals surface area (Å²) in [5.74, 6) is -1.12. The molecule has 0 aliphatic heterocycles. The number of amides is 1. The number of alkyl carbamates (subject to hydrolysis) is 1. The fourth-order valence-corrected chi connectivity index (χ4v) is 2.65. The number of benzene rings is 2. The van der Waals surface area contributed by atoms with Crippen LogP contribution in [-0.4, -0.2) is 28.8 Å². The van der Waals surface area contributed by atoms with Crippen molar-refractivity contribution >= 4 is 23.7 Å². The Labute approximate surface area is 157 Å². The molecule has 26 heavy (non-hydrogen) atoms. The third-order valence-corrected chi connectivity index (χ3v) is 3.90. The molecule has 0 fully saturated rings. The quantitative estimate of drug-likeness (QED) is 0.805. The van der Waals surface area contributed by atoms with Gasteiger partial charge in [0.25, 0.3) is 0 Å². The predicted octanol–water partition coefficient (Wildman–Crippen LogP) is 4.53. The topological polar surface area (TPSA) is 75.6 Å². The smallest absolute Gasteiger partial charge is 0.408 e. The fourth-order valence-electron chi connectivity index (χ4n) is 2.40. The van der Waals surface area contributed by atoms with Gasteiger partial charge in [-0.05, 0) is 38.0 Å². The second-order valence-electron chi connectivity index (χ2n) is 6.92. The first-order valence-electron chi connectivity index (χ1n) is 8.22. The molecule has 138 valence electrons. The molecule has 0 aromatic heterocycles. The summed E-state index contributed by atoms with van der Waals surface area (Å²) >= 11 is 6.20. The monoisotopic (exact) mass is 375 g/mol. The van der Waals surface area contributed by atoms with Gasteiger partial charge in [-0.25, -0.2) is 9.59 Å². The maximum absolute atomic E-state index is 11.8. The average molecular weight is 376 g/mol. The Morgan fingerprint density at radius 1 is 1.12 bits per heavy atom. The lowest BCUT2D eigenvalue weighted by atomic mass is 10.0. The highest BCUT2D eigenvalue weighted by atomic mass is 35.5. The van der Waals surface area contributed by atoms with E-state index in [4.69, 9.17) is 16.3 Å². The van der Waals surface area contributed by atoms with Crippen LogP contribution in [0, 0.1) is 0 Å². The summed E-state index contributed by atoms with van der Waals surface area (Å²) in [5, 5.41) is 12.4. The van der Waals surface area contributed by atoms with Crippen LogP contribution in [0.15, 0.2) is 48.5 Å². The average Bonchev–Trinajstić information content (AvgIpc) is 2.54. The molecule has 0 saturated heterocycles. The SMILES string of the molecule is CC(C)(C)OC(=O)N[C@@H](Cc1ccc(-c2ccccc2Cl)cc1)C(=O)O. The van der Waals surface area contributed by atoms with Gasteiger partial charge in [-0.3, -0.25) is 0 Å². The molecule has 2 aromatic rings. The highest BCUT2D eigenvalue weighted by molar-refractivity contribution is 6.33. The van der Waals surface area contributed by atoms with Crippen molar-refractivity contribution in [3.05, 3.63) is 59.1 Å². The minimum Gasteiger partial charge on any atom is -0.480 e. The van der Waals surface area contributed by atoms with Gasteiger partial charge in [-0.15, -0.1) is 0 Å². The number of carboxylic acids is 1. The summed E-state index contributed by atoms with van der Waals surface area (Å²) in [6, 6.07) is 13.8. The van der Waals surface area contributed by atoms with Crippen LogP contribution in [0.4, 0.5) is 4.79 Å². The van der Waals surface area contributed by atoms with Crippen LogP contribution < -0.4 is 5.32 Å². The number of ether oxygens (including phenoxy) is 1. The predicted molar refractivity (Wildman–Crippen MR) is 101 cm³/mol. The van der Waals surface area contributed by atoms with Gasteiger partial charge in [-0.2, -0.15) is 0 Å². The molecule has 2 aromatic carbocycles. The van der Waals surface area contributed by atoms with Crippen molar-refractivity contribution in [2.75, 3.05) is 0 Å². The van der Waals surface area contributed by atoms with Gasteiger partial charge >= 0.3 is 12.1 Å². The molecule has 6 heteroatoms. The lowest BCUT2D eigenvalue weighted by molar-refractivity contribution is -0.139. The lowest BCUT2D eigenvalue weighted by Gasteiger charge is -2.22. The molecule has 0 unspecified atom stereocenters. The van der Waals surface area contributed by atoms with E-state index in [0.29, 0.717) is 5.02 Å². The Morgan fingerprint density at radius 2 is 1.73 bits per heavy atom. The van der Waals surface area contributed by atoms with Crippen LogP contribution in [-0.2, 0) is 16.0 Å². The number of rotatable bonds is 5. The summed E-state index contributed by atoms with van der Waals surface area (Å²) in [4.78, 5) is 23.3. The van der Waals surface area contributed by atoms with Crippen LogP contribution >= 0.6 is 11.6 Å². The Morgan fingerprint density at radius 3 is 2.27 bits per heavy atom. The lowest BCUT2D eigenvalue weighted by Crippen LogP contribution is -2.44. The van der Waals surface area contributed by atoms with E-state index in [1.165, 1.54) is 0 Å². The molecule has 0 radical (unpaired) electrons. The molecule has 0 saturated carbocycles. The largest absolute Gasteiger partial charge is 0.480 e. The van der Waals surface area contributed by atoms with Crippen LogP contribution in [0.3, 0.4) is 0 Å². The van der Waals surface area contributed by atoms with E-state index in [9.17, 15) is 14.7 Å². The minimum atomic E-state index is -1.12. The Balaban J connectivity index is 2.09. The number of carbonyl (C=O) groups is 2. The standard InChI is InChI=1S/C20H22ClNO4/c1-20(2,3)26-19(25)22-17(18(23)24)12-13-8-10-14(11-9-13)15-6-4-5-7-16(15)21/h4-11,17H,12H2,1-3H3,(H,22,25)(H,23,24)/t17-/m0/s1. The van der Waals surface area contributed by atoms with Crippen molar-refractivity contribution < 1.29 is 19.4 Å². The molecular weight excluding hydrogens is 354 g/mol. The van der Waals surface area contributed by atoms with Crippen molar-refractivity contribution in [3.63, 3.8) is 0 Å². The van der Waals surface area contributed by atoms with Gasteiger partial charge in [0.05, 0.1) is 0 Å². The molecular formula is C20H22ClNO4. The van der Waals surface area contributed by atoms with Crippen LogP contribution in [0.5, 0.6) is 0 Å². The van der Waals surface area contributed by atoms with Gasteiger partial charge in [0.2, 0.25) is 0 Å². The van der Waals surface area contributed by atoms with Crippen LogP contribution in [0.25, 0.3) is 11.1 Å². The molecule has 2 N–H and O–H groups in total. The number of halogens is 1. The number of nitrogens with one attached hydrogen (secondary N) is 1. The van der Waals surface area contributed by atoms with Gasteiger partial charge in [0, 0.05) is 17.0 Å². The van der Waals surface area contributed by atoms with Crippen LogP contribution in [0.2, 0.25) is 5.02 Å². The van der Waals surface area contributed by atoms with Crippen molar-refractivity contribution in [3.8, 4) is 11.1 Å². The van der Waals surface area contributed by atoms with Gasteiger partial charge in [0.1, 0.15) is 11.6 Å². The summed E-state index contributed by atoms with van der Waals surface area (Å²) in [6.07, 6.45) is -0.602. The zero-order valence-corrected chi connectivity index (χ0v) is 15.7. The zero-order valence-electron chi connectivity index (χ0n) is 15.0. The summed E-state index contributed by atoms with van der Waals surface area (Å²) < 4.78 is 5.12. The van der Waals surface area contributed by atoms with E-state index in [1.807, 2.05) is 48.5 Å². The first kappa shape index (κ1) is 19.8. The van der Waals surface area contributed by atoms with E-state index in [2.05, 4.69) is 5.32 Å². The van der Waals surface area contributed by atoms with E-state index >= 15 is 0 Å². The molecule has 0 aliphatic carbocycles. The second-order valence-corrected chi connectivity index (χ2v) is 7.33. The molecule has 0 aliphatic rings. The van der Waals surface area contributed by atoms with Crippen molar-refractivity contribution in [2.24, 2.45) is 0 Å². The fraction of sp³-hybridized carbons (Fsp3) is 0.300. The van der Waals surface area contributed by atoms with E-state index in [0.717, 1.165) is 16.7 Å². The zero-order chi connectivity index (χ0) is 19.3. The number of hydrogen-bond acceptors (Lipinski definition) is 3. The summed E-state index contributed by atoms with van der Waals surface area (Å²) in [5.41, 5.74) is 1.93. The Hall–Kier alpha value is -2.53. The maximum atomic E-state index is 11.8. The number of carbonyl (C=O) groups excluding carboxylic acids is 1. The molecule has 1 atom stereocenters. The maximum Gasteiger partial charge on any atom is 0.408 e. The van der Waals surface area contributed by atoms with Crippen LogP contribution in [0.1, 0.15) is 26.3 Å². The molecule has 0 bridgehead atoms. The van der Waals surface area contributed by atoms with E-state index in [-0.39, 0.29) is 6.42 Å².